The molecular formula is C25H29FN2O. The second kappa shape index (κ2) is 8.32. The zero-order chi connectivity index (χ0) is 20.4. The number of hydrogen-bond donors (Lipinski definition) is 0. The van der Waals surface area contributed by atoms with Crippen LogP contribution in [0.5, 0.6) is 11.5 Å². The second-order valence-electron chi connectivity index (χ2n) is 8.11. The van der Waals surface area contributed by atoms with Gasteiger partial charge in [-0.25, -0.2) is 4.39 Å². The van der Waals surface area contributed by atoms with Crippen LogP contribution in [-0.2, 0) is 0 Å². The van der Waals surface area contributed by atoms with Crippen molar-refractivity contribution in [2.24, 2.45) is 0 Å². The number of aromatic nitrogens is 1. The van der Waals surface area contributed by atoms with Crippen LogP contribution in [-0.4, -0.2) is 17.8 Å². The molecule has 3 aromatic rings. The van der Waals surface area contributed by atoms with Gasteiger partial charge in [0, 0.05) is 30.0 Å². The highest BCUT2D eigenvalue weighted by molar-refractivity contribution is 5.69. The van der Waals surface area contributed by atoms with Gasteiger partial charge in [0.15, 0.2) is 11.6 Å². The molecule has 0 N–H and O–H groups in total. The molecular weight excluding hydrogens is 363 g/mol. The molecule has 0 saturated carbocycles. The van der Waals surface area contributed by atoms with Gasteiger partial charge in [-0.3, -0.25) is 4.68 Å². The molecule has 0 atom stereocenters. The molecule has 0 spiro atoms. The monoisotopic (exact) mass is 392 g/mol. The number of ether oxygens (including phenoxy) is 1. The fraction of sp³-hybridized carbons (Fsp3) is 0.360. The molecule has 3 nitrogen and oxygen atoms in total. The number of rotatable bonds is 5. The number of benzene rings is 2. The van der Waals surface area contributed by atoms with Gasteiger partial charge in [-0.15, -0.1) is 0 Å². The first-order valence-corrected chi connectivity index (χ1v) is 10.5. The molecule has 0 radical (unpaired) electrons. The molecule has 2 aromatic carbocycles. The summed E-state index contributed by atoms with van der Waals surface area (Å²) in [6, 6.07) is 16.8. The largest absolute Gasteiger partial charge is 0.454 e. The van der Waals surface area contributed by atoms with Crippen molar-refractivity contribution < 1.29 is 9.13 Å². The van der Waals surface area contributed by atoms with Crippen LogP contribution >= 0.6 is 0 Å². The van der Waals surface area contributed by atoms with Crippen LogP contribution in [0, 0.1) is 12.7 Å². The van der Waals surface area contributed by atoms with Crippen molar-refractivity contribution in [2.45, 2.75) is 46.0 Å². The molecule has 29 heavy (non-hydrogen) atoms. The van der Waals surface area contributed by atoms with E-state index in [1.165, 1.54) is 36.7 Å². The molecule has 4 heteroatoms. The van der Waals surface area contributed by atoms with E-state index in [0.717, 1.165) is 24.2 Å². The summed E-state index contributed by atoms with van der Waals surface area (Å²) in [5, 5.41) is 2.46. The van der Waals surface area contributed by atoms with Crippen LogP contribution in [0.25, 0.3) is 11.1 Å². The average Bonchev–Trinajstić information content (AvgIpc) is 3.08. The highest BCUT2D eigenvalue weighted by atomic mass is 19.1. The van der Waals surface area contributed by atoms with E-state index in [-0.39, 0.29) is 11.6 Å². The van der Waals surface area contributed by atoms with Crippen LogP contribution in [0.2, 0.25) is 0 Å². The summed E-state index contributed by atoms with van der Waals surface area (Å²) in [6.45, 7) is 8.79. The molecule has 1 aliphatic rings. The van der Waals surface area contributed by atoms with E-state index < -0.39 is 0 Å². The minimum Gasteiger partial charge on any atom is -0.454 e. The van der Waals surface area contributed by atoms with Gasteiger partial charge in [-0.2, -0.15) is 0 Å². The zero-order valence-corrected chi connectivity index (χ0v) is 17.5. The average molecular weight is 393 g/mol. The Morgan fingerprint density at radius 2 is 1.66 bits per heavy atom. The van der Waals surface area contributed by atoms with Crippen molar-refractivity contribution in [3.63, 3.8) is 0 Å². The lowest BCUT2D eigenvalue weighted by molar-refractivity contribution is 0.442. The third-order valence-corrected chi connectivity index (χ3v) is 5.66. The Balaban J connectivity index is 1.74. The molecule has 1 aliphatic heterocycles. The lowest BCUT2D eigenvalue weighted by Crippen LogP contribution is -2.40. The summed E-state index contributed by atoms with van der Waals surface area (Å²) in [5.74, 6) is 0.943. The summed E-state index contributed by atoms with van der Waals surface area (Å²) in [6.07, 6.45) is 3.77. The highest BCUT2D eigenvalue weighted by Gasteiger charge is 2.22. The zero-order valence-electron chi connectivity index (χ0n) is 17.5. The standard InChI is InChI=1S/C25H29FN2O/c1-18(2)24-17-22(19(3)28(24)27-14-8-5-9-15-27)20-12-13-23(26)25(16-20)29-21-10-6-4-7-11-21/h4,6-7,10-13,16-18H,5,8-9,14-15H2,1-3H3. The van der Waals surface area contributed by atoms with Crippen LogP contribution in [0.1, 0.15) is 50.4 Å². The van der Waals surface area contributed by atoms with E-state index in [0.29, 0.717) is 11.7 Å². The molecule has 1 aromatic heterocycles. The quantitative estimate of drug-likeness (QED) is 0.484. The van der Waals surface area contributed by atoms with Crippen molar-refractivity contribution in [1.29, 1.82) is 0 Å². The highest BCUT2D eigenvalue weighted by Crippen LogP contribution is 2.35. The van der Waals surface area contributed by atoms with Gasteiger partial charge in [0.05, 0.1) is 0 Å². The fourth-order valence-electron chi connectivity index (χ4n) is 4.14. The molecule has 0 unspecified atom stereocenters. The van der Waals surface area contributed by atoms with E-state index in [2.05, 4.69) is 36.5 Å². The van der Waals surface area contributed by atoms with Crippen molar-refractivity contribution >= 4 is 0 Å². The van der Waals surface area contributed by atoms with Crippen LogP contribution < -0.4 is 9.75 Å². The Morgan fingerprint density at radius 3 is 2.34 bits per heavy atom. The van der Waals surface area contributed by atoms with Crippen LogP contribution in [0.4, 0.5) is 4.39 Å². The predicted molar refractivity (Wildman–Crippen MR) is 117 cm³/mol. The Bertz CT molecular complexity index is 972. The number of piperidine rings is 1. The van der Waals surface area contributed by atoms with E-state index in [1.54, 1.807) is 0 Å². The van der Waals surface area contributed by atoms with Gasteiger partial charge in [0.2, 0.25) is 0 Å². The van der Waals surface area contributed by atoms with Gasteiger partial charge in [0.25, 0.3) is 0 Å². The summed E-state index contributed by atoms with van der Waals surface area (Å²) >= 11 is 0. The predicted octanol–water partition coefficient (Wildman–Crippen LogP) is 6.64. The van der Waals surface area contributed by atoms with Gasteiger partial charge in [-0.05, 0) is 68.0 Å². The molecule has 0 amide bonds. The Morgan fingerprint density at radius 1 is 0.931 bits per heavy atom. The van der Waals surface area contributed by atoms with Crippen molar-refractivity contribution in [3.05, 3.63) is 71.8 Å². The van der Waals surface area contributed by atoms with E-state index >= 15 is 0 Å². The summed E-state index contributed by atoms with van der Waals surface area (Å²) < 4.78 is 22.6. The minimum atomic E-state index is -0.352. The Kier molecular flexibility index (Phi) is 5.61. The molecule has 1 fully saturated rings. The molecule has 2 heterocycles. The molecule has 1 saturated heterocycles. The fourth-order valence-corrected chi connectivity index (χ4v) is 4.14. The van der Waals surface area contributed by atoms with Crippen molar-refractivity contribution in [1.82, 2.24) is 4.68 Å². The lowest BCUT2D eigenvalue weighted by atomic mass is 10.0. The number of halogens is 1. The summed E-state index contributed by atoms with van der Waals surface area (Å²) in [7, 11) is 0. The van der Waals surface area contributed by atoms with E-state index in [9.17, 15) is 4.39 Å². The topological polar surface area (TPSA) is 17.4 Å². The maximum absolute atomic E-state index is 14.4. The third kappa shape index (κ3) is 4.02. The van der Waals surface area contributed by atoms with Gasteiger partial charge >= 0.3 is 0 Å². The third-order valence-electron chi connectivity index (χ3n) is 5.66. The van der Waals surface area contributed by atoms with Crippen molar-refractivity contribution in [3.8, 4) is 22.6 Å². The first kappa shape index (κ1) is 19.6. The molecule has 4 rings (SSSR count). The molecule has 152 valence electrons. The minimum absolute atomic E-state index is 0.255. The summed E-state index contributed by atoms with van der Waals surface area (Å²) in [5.41, 5.74) is 4.62. The second-order valence-corrected chi connectivity index (χ2v) is 8.11. The van der Waals surface area contributed by atoms with E-state index in [4.69, 9.17) is 4.74 Å². The maximum atomic E-state index is 14.4. The van der Waals surface area contributed by atoms with Gasteiger partial charge in [-0.1, -0.05) is 38.1 Å². The number of hydrogen-bond acceptors (Lipinski definition) is 2. The SMILES string of the molecule is Cc1c(-c2ccc(F)c(Oc3ccccc3)c2)cc(C(C)C)n1N1CCCCC1. The van der Waals surface area contributed by atoms with Crippen LogP contribution in [0.3, 0.4) is 0 Å². The maximum Gasteiger partial charge on any atom is 0.165 e. The van der Waals surface area contributed by atoms with Crippen molar-refractivity contribution in [2.75, 3.05) is 18.1 Å². The van der Waals surface area contributed by atoms with E-state index in [1.807, 2.05) is 42.5 Å². The smallest absolute Gasteiger partial charge is 0.165 e. The normalized spacial score (nSPS) is 14.4. The Hall–Kier alpha value is -2.75. The van der Waals surface area contributed by atoms with Gasteiger partial charge in [0.1, 0.15) is 5.75 Å². The molecule has 0 bridgehead atoms. The molecule has 0 aliphatic carbocycles. The van der Waals surface area contributed by atoms with Crippen LogP contribution in [0.15, 0.2) is 54.6 Å². The first-order valence-electron chi connectivity index (χ1n) is 10.5. The Labute approximate surface area is 172 Å². The number of para-hydroxylation sites is 1. The lowest BCUT2D eigenvalue weighted by Gasteiger charge is -2.33. The van der Waals surface area contributed by atoms with Gasteiger partial charge < -0.3 is 9.75 Å². The first-order chi connectivity index (χ1) is 14.0. The number of nitrogens with zero attached hydrogens (tertiary/aromatic N) is 2. The summed E-state index contributed by atoms with van der Waals surface area (Å²) in [4.78, 5) is 0.